The number of hydrogen-bond donors (Lipinski definition) is 0. The van der Waals surface area contributed by atoms with Gasteiger partial charge < -0.3 is 0 Å². The van der Waals surface area contributed by atoms with Crippen LogP contribution in [0.4, 0.5) is 0 Å². The summed E-state index contributed by atoms with van der Waals surface area (Å²) in [4.78, 5) is 0. The molecule has 0 radical (unpaired) electrons. The Morgan fingerprint density at radius 3 is 2.77 bits per heavy atom. The fourth-order valence-corrected chi connectivity index (χ4v) is 7.72. The van der Waals surface area contributed by atoms with E-state index in [2.05, 4.69) is 32.9 Å². The number of alkyl halides is 3. The van der Waals surface area contributed by atoms with Crippen LogP contribution in [0.15, 0.2) is 23.3 Å². The molecule has 74 valence electrons. The van der Waals surface area contributed by atoms with Crippen LogP contribution in [0.3, 0.4) is 0 Å². The van der Waals surface area contributed by atoms with Crippen LogP contribution in [-0.4, -0.2) is 12.8 Å². The van der Waals surface area contributed by atoms with Crippen LogP contribution in [-0.2, 0) is 0 Å². The first-order valence-corrected chi connectivity index (χ1v) is 9.44. The molecule has 2 aliphatic rings. The molecule has 0 nitrogen and oxygen atoms in total. The summed E-state index contributed by atoms with van der Waals surface area (Å²) in [6.45, 7) is 7.07. The fourth-order valence-electron chi connectivity index (χ4n) is 1.80. The van der Waals surface area contributed by atoms with Gasteiger partial charge in [-0.25, -0.2) is 0 Å². The summed E-state index contributed by atoms with van der Waals surface area (Å²) >= 11 is -0.424. The SMILES string of the molecule is CC1=CC[C@H](C)C=C1CI1C[C@H]1C. The molecule has 1 aliphatic heterocycles. The zero-order chi connectivity index (χ0) is 9.42. The fraction of sp³-hybridized carbons (Fsp3) is 0.667. The quantitative estimate of drug-likeness (QED) is 0.536. The van der Waals surface area contributed by atoms with E-state index in [0.29, 0.717) is 0 Å². The predicted molar refractivity (Wildman–Crippen MR) is 68.8 cm³/mol. The maximum absolute atomic E-state index is 2.53. The van der Waals surface area contributed by atoms with Gasteiger partial charge in [-0.1, -0.05) is 0 Å². The Balaban J connectivity index is 1.99. The first-order chi connectivity index (χ1) is 6.16. The Morgan fingerprint density at radius 1 is 1.46 bits per heavy atom. The van der Waals surface area contributed by atoms with Gasteiger partial charge in [-0.3, -0.25) is 0 Å². The molecule has 0 N–H and O–H groups in total. The van der Waals surface area contributed by atoms with Crippen molar-refractivity contribution in [2.24, 2.45) is 5.92 Å². The molecule has 1 aliphatic carbocycles. The van der Waals surface area contributed by atoms with Crippen molar-refractivity contribution in [3.05, 3.63) is 23.3 Å². The zero-order valence-electron chi connectivity index (χ0n) is 8.81. The average molecular weight is 290 g/mol. The molecule has 1 fully saturated rings. The summed E-state index contributed by atoms with van der Waals surface area (Å²) in [7, 11) is 0. The van der Waals surface area contributed by atoms with Crippen LogP contribution in [0.5, 0.6) is 0 Å². The van der Waals surface area contributed by atoms with Gasteiger partial charge in [0, 0.05) is 0 Å². The van der Waals surface area contributed by atoms with Crippen LogP contribution < -0.4 is 0 Å². The molecule has 0 aromatic heterocycles. The molecule has 2 atom stereocenters. The second-order valence-corrected chi connectivity index (χ2v) is 11.0. The molecule has 2 rings (SSSR count). The van der Waals surface area contributed by atoms with Gasteiger partial charge >= 0.3 is 89.0 Å². The van der Waals surface area contributed by atoms with Gasteiger partial charge in [0.05, 0.1) is 0 Å². The zero-order valence-corrected chi connectivity index (χ0v) is 11.0. The summed E-state index contributed by atoms with van der Waals surface area (Å²) in [6, 6.07) is 0. The minimum atomic E-state index is -0.424. The Morgan fingerprint density at radius 2 is 2.15 bits per heavy atom. The maximum atomic E-state index is 2.53. The predicted octanol–water partition coefficient (Wildman–Crippen LogP) is 3.81. The molecule has 0 unspecified atom stereocenters. The Kier molecular flexibility index (Phi) is 2.82. The summed E-state index contributed by atoms with van der Waals surface area (Å²) in [5, 5.41) is 0. The van der Waals surface area contributed by atoms with Crippen molar-refractivity contribution >= 4 is 19.8 Å². The number of halogens is 1. The van der Waals surface area contributed by atoms with Gasteiger partial charge in [0.15, 0.2) is 0 Å². The molecule has 0 saturated carbocycles. The van der Waals surface area contributed by atoms with Gasteiger partial charge in [-0.2, -0.15) is 0 Å². The van der Waals surface area contributed by atoms with Crippen molar-refractivity contribution in [1.82, 2.24) is 0 Å². The van der Waals surface area contributed by atoms with E-state index in [9.17, 15) is 0 Å². The Hall–Kier alpha value is 0.210. The molecule has 1 heterocycles. The third-order valence-electron chi connectivity index (χ3n) is 2.94. The molecule has 0 spiro atoms. The van der Waals surface area contributed by atoms with E-state index in [1.54, 1.807) is 15.6 Å². The van der Waals surface area contributed by atoms with Crippen LogP contribution in [0, 0.1) is 5.92 Å². The van der Waals surface area contributed by atoms with E-state index in [1.165, 1.54) is 10.8 Å². The molecule has 1 heteroatoms. The number of hydrogen-bond acceptors (Lipinski definition) is 0. The second kappa shape index (κ2) is 3.76. The van der Waals surface area contributed by atoms with E-state index in [1.807, 2.05) is 0 Å². The molecular formula is C12H19I. The van der Waals surface area contributed by atoms with Gasteiger partial charge in [0.1, 0.15) is 0 Å². The van der Waals surface area contributed by atoms with Crippen molar-refractivity contribution in [3.63, 3.8) is 0 Å². The molecule has 13 heavy (non-hydrogen) atoms. The number of allylic oxidation sites excluding steroid dienone is 4. The molecule has 1 saturated heterocycles. The standard InChI is InChI=1S/C12H19I/c1-9-4-5-10(2)12(6-9)8-13-7-11(13)3/h5-6,9,11H,4,7-8H2,1-3H3/t9-,11+/m0/s1. The minimum absolute atomic E-state index is 0.424. The van der Waals surface area contributed by atoms with E-state index in [-0.39, 0.29) is 0 Å². The molecule has 0 aromatic carbocycles. The van der Waals surface area contributed by atoms with Crippen molar-refractivity contribution in [2.75, 3.05) is 8.86 Å². The first-order valence-electron chi connectivity index (χ1n) is 5.15. The molecule has 0 amide bonds. The van der Waals surface area contributed by atoms with Crippen molar-refractivity contribution < 1.29 is 0 Å². The van der Waals surface area contributed by atoms with Gasteiger partial charge in [0.25, 0.3) is 0 Å². The van der Waals surface area contributed by atoms with E-state index < -0.39 is 19.8 Å². The Bertz CT molecular complexity index is 262. The van der Waals surface area contributed by atoms with Crippen LogP contribution in [0.1, 0.15) is 27.2 Å². The Labute approximate surface area is 88.9 Å². The van der Waals surface area contributed by atoms with Gasteiger partial charge in [-0.15, -0.1) is 0 Å². The van der Waals surface area contributed by atoms with E-state index in [0.717, 1.165) is 9.84 Å². The van der Waals surface area contributed by atoms with Crippen LogP contribution >= 0.6 is 19.8 Å². The summed E-state index contributed by atoms with van der Waals surface area (Å²) in [6.07, 6.45) is 6.22. The number of rotatable bonds is 2. The van der Waals surface area contributed by atoms with E-state index >= 15 is 0 Å². The monoisotopic (exact) mass is 290 g/mol. The molecule has 0 aromatic rings. The van der Waals surface area contributed by atoms with E-state index in [4.69, 9.17) is 0 Å². The second-order valence-electron chi connectivity index (χ2n) is 4.36. The van der Waals surface area contributed by atoms with Gasteiger partial charge in [-0.05, 0) is 0 Å². The first kappa shape index (κ1) is 9.75. The summed E-state index contributed by atoms with van der Waals surface area (Å²) in [5.41, 5.74) is 3.28. The molecule has 0 bridgehead atoms. The average Bonchev–Trinajstić information content (AvgIpc) is 2.75. The van der Waals surface area contributed by atoms with Crippen LogP contribution in [0.2, 0.25) is 0 Å². The normalized spacial score (nSPS) is 35.5. The summed E-state index contributed by atoms with van der Waals surface area (Å²) in [5.74, 6) is 0.796. The molecular weight excluding hydrogens is 271 g/mol. The van der Waals surface area contributed by atoms with Crippen molar-refractivity contribution in [2.45, 2.75) is 31.1 Å². The third-order valence-corrected chi connectivity index (χ3v) is 9.51. The summed E-state index contributed by atoms with van der Waals surface area (Å²) < 4.78 is 4.26. The van der Waals surface area contributed by atoms with Crippen LogP contribution in [0.25, 0.3) is 0 Å². The van der Waals surface area contributed by atoms with Crippen molar-refractivity contribution in [1.29, 1.82) is 0 Å². The topological polar surface area (TPSA) is 0 Å². The van der Waals surface area contributed by atoms with Gasteiger partial charge in [0.2, 0.25) is 0 Å². The third kappa shape index (κ3) is 2.36. The van der Waals surface area contributed by atoms with Crippen molar-refractivity contribution in [3.8, 4) is 0 Å².